The summed E-state index contributed by atoms with van der Waals surface area (Å²) in [5, 5.41) is 3.10. The molecular formula is C10H13ClN2OS. The lowest BCUT2D eigenvalue weighted by Crippen LogP contribution is -2.50. The quantitative estimate of drug-likeness (QED) is 0.876. The van der Waals surface area contributed by atoms with Crippen molar-refractivity contribution in [3.63, 3.8) is 0 Å². The molecule has 0 unspecified atom stereocenters. The molecule has 3 nitrogen and oxygen atoms in total. The number of thiophene rings is 1. The average Bonchev–Trinajstić information content (AvgIpc) is 2.48. The van der Waals surface area contributed by atoms with Crippen LogP contribution in [0.15, 0.2) is 12.1 Å². The fraction of sp³-hybridized carbons (Fsp3) is 0.500. The molecule has 2 heterocycles. The van der Waals surface area contributed by atoms with Crippen LogP contribution in [-0.2, 0) is 11.3 Å². The maximum absolute atomic E-state index is 11.8. The van der Waals surface area contributed by atoms with Crippen molar-refractivity contribution in [2.45, 2.75) is 6.54 Å². The van der Waals surface area contributed by atoms with Gasteiger partial charge in [-0.1, -0.05) is 11.6 Å². The van der Waals surface area contributed by atoms with Crippen LogP contribution < -0.4 is 5.32 Å². The number of rotatable bonds is 3. The highest BCUT2D eigenvalue weighted by molar-refractivity contribution is 7.16. The summed E-state index contributed by atoms with van der Waals surface area (Å²) in [7, 11) is 1.84. The number of amides is 1. The molecular weight excluding hydrogens is 232 g/mol. The standard InChI is InChI=1S/C10H13ClN2OS/c1-13(10(14)7-4-12-5-7)6-8-2-3-9(11)15-8/h2-3,7,12H,4-6H2,1H3. The van der Waals surface area contributed by atoms with Crippen molar-refractivity contribution in [3.05, 3.63) is 21.3 Å². The number of hydrogen-bond acceptors (Lipinski definition) is 3. The topological polar surface area (TPSA) is 32.3 Å². The van der Waals surface area contributed by atoms with E-state index < -0.39 is 0 Å². The Morgan fingerprint density at radius 3 is 2.87 bits per heavy atom. The second-order valence-corrected chi connectivity index (χ2v) is 5.55. The Morgan fingerprint density at radius 1 is 1.67 bits per heavy atom. The van der Waals surface area contributed by atoms with Gasteiger partial charge in [-0.3, -0.25) is 4.79 Å². The van der Waals surface area contributed by atoms with E-state index in [2.05, 4.69) is 5.32 Å². The highest BCUT2D eigenvalue weighted by Crippen LogP contribution is 2.22. The Bertz CT molecular complexity index is 362. The normalized spacial score (nSPS) is 16.1. The number of halogens is 1. The summed E-state index contributed by atoms with van der Waals surface area (Å²) in [5.41, 5.74) is 0. The summed E-state index contributed by atoms with van der Waals surface area (Å²) in [4.78, 5) is 14.7. The van der Waals surface area contributed by atoms with Crippen molar-refractivity contribution >= 4 is 28.8 Å². The molecule has 0 aliphatic carbocycles. The third kappa shape index (κ3) is 2.51. The van der Waals surface area contributed by atoms with E-state index in [1.165, 1.54) is 11.3 Å². The zero-order valence-corrected chi connectivity index (χ0v) is 10.1. The predicted octanol–water partition coefficient (Wildman–Crippen LogP) is 1.58. The van der Waals surface area contributed by atoms with E-state index in [-0.39, 0.29) is 11.8 Å². The molecule has 5 heteroatoms. The monoisotopic (exact) mass is 244 g/mol. The Morgan fingerprint density at radius 2 is 2.40 bits per heavy atom. The van der Waals surface area contributed by atoms with Crippen LogP contribution in [-0.4, -0.2) is 30.9 Å². The van der Waals surface area contributed by atoms with Crippen LogP contribution in [0.25, 0.3) is 0 Å². The third-order valence-corrected chi connectivity index (χ3v) is 3.74. The third-order valence-electron chi connectivity index (χ3n) is 2.53. The lowest BCUT2D eigenvalue weighted by Gasteiger charge is -2.30. The fourth-order valence-corrected chi connectivity index (χ4v) is 2.66. The first-order valence-electron chi connectivity index (χ1n) is 4.86. The lowest BCUT2D eigenvalue weighted by atomic mass is 10.0. The van der Waals surface area contributed by atoms with E-state index in [0.717, 1.165) is 22.3 Å². The largest absolute Gasteiger partial charge is 0.340 e. The van der Waals surface area contributed by atoms with E-state index in [1.807, 2.05) is 19.2 Å². The van der Waals surface area contributed by atoms with Gasteiger partial charge >= 0.3 is 0 Å². The molecule has 15 heavy (non-hydrogen) atoms. The molecule has 1 fully saturated rings. The molecule has 0 spiro atoms. The molecule has 1 saturated heterocycles. The molecule has 0 atom stereocenters. The highest BCUT2D eigenvalue weighted by Gasteiger charge is 2.27. The van der Waals surface area contributed by atoms with Crippen molar-refractivity contribution in [1.82, 2.24) is 10.2 Å². The summed E-state index contributed by atoms with van der Waals surface area (Å²) in [6.07, 6.45) is 0. The fourth-order valence-electron chi connectivity index (χ4n) is 1.52. The molecule has 1 aromatic rings. The number of hydrogen-bond donors (Lipinski definition) is 1. The molecule has 2 rings (SSSR count). The minimum absolute atomic E-state index is 0.172. The van der Waals surface area contributed by atoms with E-state index in [4.69, 9.17) is 11.6 Å². The number of nitrogens with zero attached hydrogens (tertiary/aromatic N) is 1. The van der Waals surface area contributed by atoms with Gasteiger partial charge in [0.05, 0.1) is 16.8 Å². The first-order valence-corrected chi connectivity index (χ1v) is 6.06. The molecule has 82 valence electrons. The van der Waals surface area contributed by atoms with Crippen molar-refractivity contribution < 1.29 is 4.79 Å². The minimum atomic E-state index is 0.172. The van der Waals surface area contributed by atoms with Crippen LogP contribution in [0.5, 0.6) is 0 Å². The molecule has 1 aliphatic rings. The van der Waals surface area contributed by atoms with E-state index in [1.54, 1.807) is 4.90 Å². The van der Waals surface area contributed by atoms with E-state index in [9.17, 15) is 4.79 Å². The number of carbonyl (C=O) groups excluding carboxylic acids is 1. The van der Waals surface area contributed by atoms with Crippen LogP contribution in [0.3, 0.4) is 0 Å². The Hall–Kier alpha value is -0.580. The van der Waals surface area contributed by atoms with Crippen LogP contribution in [0, 0.1) is 5.92 Å². The number of nitrogens with one attached hydrogen (secondary N) is 1. The van der Waals surface area contributed by atoms with Gasteiger partial charge in [-0.2, -0.15) is 0 Å². The summed E-state index contributed by atoms with van der Waals surface area (Å²) in [6, 6.07) is 3.83. The zero-order valence-electron chi connectivity index (χ0n) is 8.50. The van der Waals surface area contributed by atoms with E-state index in [0.29, 0.717) is 6.54 Å². The van der Waals surface area contributed by atoms with Crippen LogP contribution in [0.2, 0.25) is 4.34 Å². The molecule has 1 N–H and O–H groups in total. The summed E-state index contributed by atoms with van der Waals surface area (Å²) in [6.45, 7) is 2.29. The smallest absolute Gasteiger partial charge is 0.228 e. The Balaban J connectivity index is 1.91. The zero-order chi connectivity index (χ0) is 10.8. The number of carbonyl (C=O) groups is 1. The van der Waals surface area contributed by atoms with Crippen molar-refractivity contribution in [3.8, 4) is 0 Å². The Labute approximate surface area is 98.0 Å². The van der Waals surface area contributed by atoms with Gasteiger partial charge in [0.2, 0.25) is 5.91 Å². The summed E-state index contributed by atoms with van der Waals surface area (Å²) < 4.78 is 0.774. The predicted molar refractivity (Wildman–Crippen MR) is 62.2 cm³/mol. The van der Waals surface area contributed by atoms with Gasteiger partial charge in [0, 0.05) is 25.0 Å². The molecule has 1 aliphatic heterocycles. The molecule has 0 bridgehead atoms. The van der Waals surface area contributed by atoms with Gasteiger partial charge in [0.1, 0.15) is 0 Å². The lowest BCUT2D eigenvalue weighted by molar-refractivity contribution is -0.136. The van der Waals surface area contributed by atoms with Gasteiger partial charge in [0.15, 0.2) is 0 Å². The molecule has 0 saturated carbocycles. The molecule has 0 aromatic carbocycles. The van der Waals surface area contributed by atoms with Crippen molar-refractivity contribution in [1.29, 1.82) is 0 Å². The molecule has 0 radical (unpaired) electrons. The minimum Gasteiger partial charge on any atom is -0.340 e. The average molecular weight is 245 g/mol. The van der Waals surface area contributed by atoms with Gasteiger partial charge in [-0.25, -0.2) is 0 Å². The summed E-state index contributed by atoms with van der Waals surface area (Å²) in [5.74, 6) is 0.392. The van der Waals surface area contributed by atoms with Gasteiger partial charge < -0.3 is 10.2 Å². The van der Waals surface area contributed by atoms with Gasteiger partial charge in [0.25, 0.3) is 0 Å². The van der Waals surface area contributed by atoms with Crippen molar-refractivity contribution in [2.75, 3.05) is 20.1 Å². The summed E-state index contributed by atoms with van der Waals surface area (Å²) >= 11 is 7.36. The van der Waals surface area contributed by atoms with Crippen LogP contribution >= 0.6 is 22.9 Å². The second-order valence-electron chi connectivity index (χ2n) is 3.76. The molecule has 1 aromatic heterocycles. The first-order chi connectivity index (χ1) is 7.16. The first kappa shape index (κ1) is 10.9. The molecule has 1 amide bonds. The van der Waals surface area contributed by atoms with Gasteiger partial charge in [-0.15, -0.1) is 11.3 Å². The highest BCUT2D eigenvalue weighted by atomic mass is 35.5. The maximum atomic E-state index is 11.8. The SMILES string of the molecule is CN(Cc1ccc(Cl)s1)C(=O)C1CNC1. The van der Waals surface area contributed by atoms with E-state index >= 15 is 0 Å². The maximum Gasteiger partial charge on any atom is 0.228 e. The van der Waals surface area contributed by atoms with Crippen LogP contribution in [0.4, 0.5) is 0 Å². The Kier molecular flexibility index (Phi) is 3.29. The second kappa shape index (κ2) is 4.51. The van der Waals surface area contributed by atoms with Crippen molar-refractivity contribution in [2.24, 2.45) is 5.92 Å². The van der Waals surface area contributed by atoms with Crippen LogP contribution in [0.1, 0.15) is 4.88 Å². The van der Waals surface area contributed by atoms with Gasteiger partial charge in [-0.05, 0) is 12.1 Å².